The third-order valence-corrected chi connectivity index (χ3v) is 4.91. The lowest BCUT2D eigenvalue weighted by Crippen LogP contribution is -2.42. The minimum atomic E-state index is -0.155. The second-order valence-corrected chi connectivity index (χ2v) is 6.82. The molecule has 1 aromatic heterocycles. The minimum Gasteiger partial charge on any atom is -0.504 e. The van der Waals surface area contributed by atoms with Crippen LogP contribution in [0.1, 0.15) is 30.2 Å². The van der Waals surface area contributed by atoms with Gasteiger partial charge in [0.15, 0.2) is 11.5 Å². The molecular weight excluding hydrogens is 346 g/mol. The second-order valence-electron chi connectivity index (χ2n) is 6.82. The molecule has 7 heteroatoms. The second kappa shape index (κ2) is 8.81. The van der Waals surface area contributed by atoms with Crippen LogP contribution in [0.15, 0.2) is 41.0 Å². The molecule has 1 saturated heterocycles. The highest BCUT2D eigenvalue weighted by Gasteiger charge is 2.26. The van der Waals surface area contributed by atoms with E-state index in [0.717, 1.165) is 24.4 Å². The number of nitrogens with zero attached hydrogens (tertiary/aromatic N) is 2. The van der Waals surface area contributed by atoms with Crippen LogP contribution in [0.25, 0.3) is 0 Å². The Bertz CT molecular complexity index is 742. The first-order chi connectivity index (χ1) is 13.1. The molecule has 0 spiro atoms. The van der Waals surface area contributed by atoms with Crippen LogP contribution >= 0.6 is 0 Å². The van der Waals surface area contributed by atoms with Gasteiger partial charge in [-0.2, -0.15) is 0 Å². The van der Waals surface area contributed by atoms with E-state index in [1.165, 1.54) is 20.0 Å². The summed E-state index contributed by atoms with van der Waals surface area (Å²) in [7, 11) is 3.24. The molecule has 2 aromatic rings. The number of amides is 2. The van der Waals surface area contributed by atoms with E-state index in [1.54, 1.807) is 36.4 Å². The highest BCUT2D eigenvalue weighted by molar-refractivity contribution is 5.73. The zero-order valence-corrected chi connectivity index (χ0v) is 15.9. The van der Waals surface area contributed by atoms with Gasteiger partial charge in [0.25, 0.3) is 0 Å². The zero-order chi connectivity index (χ0) is 19.2. The van der Waals surface area contributed by atoms with Crippen molar-refractivity contribution in [3.63, 3.8) is 0 Å². The van der Waals surface area contributed by atoms with Crippen molar-refractivity contribution in [2.45, 2.75) is 25.4 Å². The van der Waals surface area contributed by atoms with E-state index in [9.17, 15) is 9.90 Å². The molecule has 7 nitrogen and oxygen atoms in total. The first-order valence-corrected chi connectivity index (χ1v) is 9.21. The quantitative estimate of drug-likeness (QED) is 0.780. The number of phenolic OH excluding ortho intramolecular Hbond substituents is 1. The van der Waals surface area contributed by atoms with Crippen molar-refractivity contribution in [1.82, 2.24) is 15.1 Å². The summed E-state index contributed by atoms with van der Waals surface area (Å²) in [5.41, 5.74) is 0.879. The summed E-state index contributed by atoms with van der Waals surface area (Å²) >= 11 is 0. The number of rotatable bonds is 7. The van der Waals surface area contributed by atoms with Crippen molar-refractivity contribution in [2.75, 3.05) is 33.8 Å². The van der Waals surface area contributed by atoms with Gasteiger partial charge < -0.3 is 24.5 Å². The van der Waals surface area contributed by atoms with Gasteiger partial charge in [0.05, 0.1) is 19.4 Å². The number of hydrogen-bond donors (Lipinski definition) is 2. The van der Waals surface area contributed by atoms with Crippen molar-refractivity contribution >= 4 is 6.03 Å². The molecule has 2 heterocycles. The third kappa shape index (κ3) is 4.74. The van der Waals surface area contributed by atoms with Gasteiger partial charge in [-0.15, -0.1) is 0 Å². The first kappa shape index (κ1) is 19.1. The van der Waals surface area contributed by atoms with Gasteiger partial charge in [-0.1, -0.05) is 6.07 Å². The average molecular weight is 373 g/mol. The fourth-order valence-electron chi connectivity index (χ4n) is 3.43. The number of benzene rings is 1. The maximum atomic E-state index is 12.5. The van der Waals surface area contributed by atoms with E-state index in [0.29, 0.717) is 18.8 Å². The molecule has 2 amide bonds. The fraction of sp³-hybridized carbons (Fsp3) is 0.450. The number of phenols is 1. The predicted molar refractivity (Wildman–Crippen MR) is 102 cm³/mol. The zero-order valence-electron chi connectivity index (χ0n) is 15.9. The summed E-state index contributed by atoms with van der Waals surface area (Å²) in [6.45, 7) is 2.95. The standard InChI is InChI=1S/C20H27N3O4/c1-22(14-15-7-8-17(24)19(12-15)26-2)20(25)21-13-16(18-6-5-11-27-18)23-9-3-4-10-23/h5-8,11-12,16,24H,3-4,9-10,13-14H2,1-2H3,(H,21,25)/t16-/m1/s1. The van der Waals surface area contributed by atoms with E-state index in [4.69, 9.17) is 9.15 Å². The van der Waals surface area contributed by atoms with Gasteiger partial charge in [-0.25, -0.2) is 4.79 Å². The SMILES string of the molecule is COc1cc(CN(C)C(=O)NC[C@H](c2ccco2)N2CCCC2)ccc1O. The lowest BCUT2D eigenvalue weighted by Gasteiger charge is -2.27. The third-order valence-electron chi connectivity index (χ3n) is 4.91. The molecular formula is C20H27N3O4. The normalized spacial score (nSPS) is 15.5. The van der Waals surface area contributed by atoms with Crippen LogP contribution in [0.4, 0.5) is 4.79 Å². The van der Waals surface area contributed by atoms with Crippen LogP contribution in [0.5, 0.6) is 11.5 Å². The van der Waals surface area contributed by atoms with Crippen molar-refractivity contribution in [2.24, 2.45) is 0 Å². The Hall–Kier alpha value is -2.67. The van der Waals surface area contributed by atoms with E-state index in [1.807, 2.05) is 12.1 Å². The van der Waals surface area contributed by atoms with E-state index < -0.39 is 0 Å². The summed E-state index contributed by atoms with van der Waals surface area (Å²) in [5.74, 6) is 1.36. The molecule has 2 N–H and O–H groups in total. The summed E-state index contributed by atoms with van der Waals surface area (Å²) < 4.78 is 10.7. The number of furan rings is 1. The lowest BCUT2D eigenvalue weighted by atomic mass is 10.2. The highest BCUT2D eigenvalue weighted by Crippen LogP contribution is 2.27. The van der Waals surface area contributed by atoms with Crippen LogP contribution in [-0.2, 0) is 6.54 Å². The van der Waals surface area contributed by atoms with Crippen LogP contribution in [0.2, 0.25) is 0 Å². The number of methoxy groups -OCH3 is 1. The molecule has 0 unspecified atom stereocenters. The van der Waals surface area contributed by atoms with Gasteiger partial charge in [-0.3, -0.25) is 4.90 Å². The number of urea groups is 1. The van der Waals surface area contributed by atoms with Gasteiger partial charge in [0.2, 0.25) is 0 Å². The predicted octanol–water partition coefficient (Wildman–Crippen LogP) is 2.97. The molecule has 146 valence electrons. The molecule has 0 aliphatic carbocycles. The summed E-state index contributed by atoms with van der Waals surface area (Å²) in [5, 5.41) is 12.7. The number of carbonyl (C=O) groups excluding carboxylic acids is 1. The summed E-state index contributed by atoms with van der Waals surface area (Å²) in [6, 6.07) is 8.81. The number of carbonyl (C=O) groups is 1. The van der Waals surface area contributed by atoms with Crippen molar-refractivity contribution in [1.29, 1.82) is 0 Å². The van der Waals surface area contributed by atoms with Crippen LogP contribution in [-0.4, -0.2) is 54.7 Å². The topological polar surface area (TPSA) is 78.2 Å². The minimum absolute atomic E-state index is 0.0496. The summed E-state index contributed by atoms with van der Waals surface area (Å²) in [4.78, 5) is 16.5. The Labute approximate surface area is 159 Å². The Morgan fingerprint density at radius 2 is 2.15 bits per heavy atom. The Morgan fingerprint density at radius 3 is 2.81 bits per heavy atom. The van der Waals surface area contributed by atoms with Crippen molar-refractivity contribution < 1.29 is 19.1 Å². The highest BCUT2D eigenvalue weighted by atomic mass is 16.5. The molecule has 0 saturated carbocycles. The van der Waals surface area contributed by atoms with Crippen LogP contribution in [0, 0.1) is 0 Å². The van der Waals surface area contributed by atoms with Gasteiger partial charge in [0, 0.05) is 20.1 Å². The van der Waals surface area contributed by atoms with Gasteiger partial charge in [-0.05, 0) is 55.8 Å². The molecule has 27 heavy (non-hydrogen) atoms. The molecule has 1 atom stereocenters. The number of nitrogens with one attached hydrogen (secondary N) is 1. The van der Waals surface area contributed by atoms with Crippen LogP contribution in [0.3, 0.4) is 0 Å². The molecule has 3 rings (SSSR count). The van der Waals surface area contributed by atoms with E-state index in [-0.39, 0.29) is 17.8 Å². The molecule has 0 bridgehead atoms. The number of ether oxygens (including phenoxy) is 1. The summed E-state index contributed by atoms with van der Waals surface area (Å²) in [6.07, 6.45) is 4.02. The molecule has 1 fully saturated rings. The van der Waals surface area contributed by atoms with Gasteiger partial charge in [0.1, 0.15) is 5.76 Å². The molecule has 1 aliphatic rings. The smallest absolute Gasteiger partial charge is 0.317 e. The largest absolute Gasteiger partial charge is 0.504 e. The van der Waals surface area contributed by atoms with Crippen molar-refractivity contribution in [3.8, 4) is 11.5 Å². The fourth-order valence-corrected chi connectivity index (χ4v) is 3.43. The van der Waals surface area contributed by atoms with Crippen LogP contribution < -0.4 is 10.1 Å². The lowest BCUT2D eigenvalue weighted by molar-refractivity contribution is 0.187. The van der Waals surface area contributed by atoms with E-state index >= 15 is 0 Å². The Balaban J connectivity index is 1.58. The Kier molecular flexibility index (Phi) is 6.24. The molecule has 1 aliphatic heterocycles. The number of aromatic hydroxyl groups is 1. The monoisotopic (exact) mass is 373 g/mol. The molecule has 1 aromatic carbocycles. The average Bonchev–Trinajstić information content (AvgIpc) is 3.37. The first-order valence-electron chi connectivity index (χ1n) is 9.21. The van der Waals surface area contributed by atoms with E-state index in [2.05, 4.69) is 10.2 Å². The molecule has 0 radical (unpaired) electrons. The number of likely N-dealkylation sites (tertiary alicyclic amines) is 1. The maximum Gasteiger partial charge on any atom is 0.317 e. The van der Waals surface area contributed by atoms with Crippen molar-refractivity contribution in [3.05, 3.63) is 47.9 Å². The maximum absolute atomic E-state index is 12.5. The van der Waals surface area contributed by atoms with Gasteiger partial charge >= 0.3 is 6.03 Å². The number of hydrogen-bond acceptors (Lipinski definition) is 5. The Morgan fingerprint density at radius 1 is 1.37 bits per heavy atom.